The van der Waals surface area contributed by atoms with Gasteiger partial charge in [0.2, 0.25) is 5.78 Å². The van der Waals surface area contributed by atoms with Crippen molar-refractivity contribution in [2.75, 3.05) is 19.6 Å². The number of carbonyl (C=O) groups is 2. The molecule has 1 aliphatic carbocycles. The lowest BCUT2D eigenvalue weighted by Crippen LogP contribution is -2.48. The quantitative estimate of drug-likeness (QED) is 0.262. The van der Waals surface area contributed by atoms with Crippen molar-refractivity contribution in [1.82, 2.24) is 20.0 Å². The first kappa shape index (κ1) is 27.4. The van der Waals surface area contributed by atoms with Crippen LogP contribution in [-0.2, 0) is 4.79 Å². The second-order valence-corrected chi connectivity index (χ2v) is 11.1. The number of likely N-dealkylation sites (tertiary alicyclic amines) is 1. The van der Waals surface area contributed by atoms with Crippen LogP contribution in [-0.4, -0.2) is 63.3 Å². The number of ketones is 1. The normalized spacial score (nSPS) is 17.3. The fraction of sp³-hybridized carbons (Fsp3) is 0.433. The molecule has 1 saturated heterocycles. The van der Waals surface area contributed by atoms with Crippen molar-refractivity contribution in [2.24, 2.45) is 0 Å². The molecule has 1 amide bonds. The predicted octanol–water partition coefficient (Wildman–Crippen LogP) is 4.82. The van der Waals surface area contributed by atoms with Gasteiger partial charge in [0.25, 0.3) is 5.91 Å². The molecular formula is C30H35ClN4O4. The van der Waals surface area contributed by atoms with Crippen molar-refractivity contribution in [3.63, 3.8) is 0 Å². The fourth-order valence-corrected chi connectivity index (χ4v) is 5.03. The number of hydrogen-bond donors (Lipinski definition) is 2. The Hall–Kier alpha value is -3.20. The monoisotopic (exact) mass is 550 g/mol. The van der Waals surface area contributed by atoms with Gasteiger partial charge in [0, 0.05) is 29.9 Å². The maximum atomic E-state index is 13.1. The molecule has 0 spiro atoms. The molecule has 0 unspecified atom stereocenters. The van der Waals surface area contributed by atoms with Crippen LogP contribution in [0.25, 0.3) is 11.3 Å². The minimum Gasteiger partial charge on any atom is -0.489 e. The molecule has 0 bridgehead atoms. The van der Waals surface area contributed by atoms with Gasteiger partial charge in [0.15, 0.2) is 0 Å². The van der Waals surface area contributed by atoms with Crippen LogP contribution in [0.3, 0.4) is 0 Å². The minimum absolute atomic E-state index is 0.206. The van der Waals surface area contributed by atoms with Gasteiger partial charge in [-0.15, -0.1) is 0 Å². The summed E-state index contributed by atoms with van der Waals surface area (Å²) in [5.74, 6) is -0.821. The summed E-state index contributed by atoms with van der Waals surface area (Å²) in [7, 11) is 0. The first-order chi connectivity index (χ1) is 18.8. The van der Waals surface area contributed by atoms with Crippen LogP contribution in [0.2, 0.25) is 5.02 Å². The SMILES string of the molecule is CC(C)n1ccc(-c2ccc(C(=O)C(=O)N[C@H](CN3CCCC3)[C@H](O)c3ccc(OC4CC4)c(Cl)c3)cc2)n1. The standard InChI is InChI=1S/C30H35ClN4O4/c1-19(2)35-16-13-25(33-35)20-5-7-21(8-6-20)29(37)30(38)32-26(18-34-14-3-4-15-34)28(36)22-9-12-27(24(31)17-22)39-23-10-11-23/h5-9,12-13,16-17,19,23,26,28,36H,3-4,10-11,14-15,18H2,1-2H3,(H,32,38)/t26-,28-/m1/s1. The number of aliphatic hydroxyl groups excluding tert-OH is 1. The Labute approximate surface area is 233 Å². The molecule has 2 aromatic carbocycles. The van der Waals surface area contributed by atoms with Gasteiger partial charge in [-0.25, -0.2) is 0 Å². The van der Waals surface area contributed by atoms with Crippen molar-refractivity contribution in [3.05, 3.63) is 70.9 Å². The van der Waals surface area contributed by atoms with E-state index in [1.54, 1.807) is 42.5 Å². The van der Waals surface area contributed by atoms with E-state index in [-0.39, 0.29) is 17.7 Å². The largest absolute Gasteiger partial charge is 0.489 e. The van der Waals surface area contributed by atoms with E-state index in [2.05, 4.69) is 29.2 Å². The maximum Gasteiger partial charge on any atom is 0.292 e. The van der Waals surface area contributed by atoms with Gasteiger partial charge >= 0.3 is 0 Å². The Morgan fingerprint density at radius 1 is 1.10 bits per heavy atom. The number of nitrogens with zero attached hydrogens (tertiary/aromatic N) is 3. The summed E-state index contributed by atoms with van der Waals surface area (Å²) >= 11 is 6.44. The van der Waals surface area contributed by atoms with Gasteiger partial charge in [0.05, 0.1) is 22.9 Å². The molecule has 3 aromatic rings. The predicted molar refractivity (Wildman–Crippen MR) is 150 cm³/mol. The Kier molecular flexibility index (Phi) is 8.35. The molecule has 9 heteroatoms. The highest BCUT2D eigenvalue weighted by molar-refractivity contribution is 6.42. The van der Waals surface area contributed by atoms with E-state index in [0.717, 1.165) is 50.0 Å². The second-order valence-electron chi connectivity index (χ2n) is 10.7. The van der Waals surface area contributed by atoms with Crippen molar-refractivity contribution in [1.29, 1.82) is 0 Å². The molecule has 39 heavy (non-hydrogen) atoms. The number of nitrogens with one attached hydrogen (secondary N) is 1. The van der Waals surface area contributed by atoms with Gasteiger partial charge in [-0.3, -0.25) is 14.3 Å². The lowest BCUT2D eigenvalue weighted by molar-refractivity contribution is -0.118. The molecule has 5 rings (SSSR count). The number of benzene rings is 2. The molecule has 2 aliphatic rings. The number of ether oxygens (including phenoxy) is 1. The fourth-order valence-electron chi connectivity index (χ4n) is 4.80. The van der Waals surface area contributed by atoms with Crippen molar-refractivity contribution < 1.29 is 19.4 Å². The van der Waals surface area contributed by atoms with Gasteiger partial charge in [0.1, 0.15) is 11.9 Å². The molecule has 206 valence electrons. The zero-order valence-electron chi connectivity index (χ0n) is 22.3. The second kappa shape index (κ2) is 11.9. The third-order valence-electron chi connectivity index (χ3n) is 7.25. The molecule has 1 aromatic heterocycles. The first-order valence-electron chi connectivity index (χ1n) is 13.7. The summed E-state index contributed by atoms with van der Waals surface area (Å²) in [5, 5.41) is 19.1. The molecule has 2 N–H and O–H groups in total. The van der Waals surface area contributed by atoms with Crippen LogP contribution >= 0.6 is 11.6 Å². The van der Waals surface area contributed by atoms with E-state index in [1.807, 2.05) is 16.9 Å². The average molecular weight is 551 g/mol. The molecule has 0 radical (unpaired) electrons. The highest BCUT2D eigenvalue weighted by atomic mass is 35.5. The summed E-state index contributed by atoms with van der Waals surface area (Å²) < 4.78 is 7.68. The molecular weight excluding hydrogens is 516 g/mol. The number of aliphatic hydroxyl groups is 1. The van der Waals surface area contributed by atoms with E-state index in [9.17, 15) is 14.7 Å². The lowest BCUT2D eigenvalue weighted by Gasteiger charge is -2.28. The van der Waals surface area contributed by atoms with E-state index in [0.29, 0.717) is 22.9 Å². The first-order valence-corrected chi connectivity index (χ1v) is 14.0. The Balaban J connectivity index is 1.29. The van der Waals surface area contributed by atoms with Crippen LogP contribution < -0.4 is 10.1 Å². The Bertz CT molecular complexity index is 1310. The van der Waals surface area contributed by atoms with Gasteiger partial charge < -0.3 is 20.1 Å². The minimum atomic E-state index is -1.05. The van der Waals surface area contributed by atoms with Crippen LogP contribution in [0, 0.1) is 0 Å². The Morgan fingerprint density at radius 2 is 1.82 bits per heavy atom. The highest BCUT2D eigenvalue weighted by Crippen LogP contribution is 2.34. The average Bonchev–Trinajstić information content (AvgIpc) is 3.37. The number of rotatable bonds is 11. The maximum absolute atomic E-state index is 13.1. The van der Waals surface area contributed by atoms with Gasteiger partial charge in [-0.1, -0.05) is 41.9 Å². The summed E-state index contributed by atoms with van der Waals surface area (Å²) in [4.78, 5) is 28.3. The third kappa shape index (κ3) is 6.69. The van der Waals surface area contributed by atoms with E-state index < -0.39 is 23.8 Å². The summed E-state index contributed by atoms with van der Waals surface area (Å²) in [5.41, 5.74) is 2.50. The van der Waals surface area contributed by atoms with Gasteiger partial charge in [-0.05, 0) is 76.4 Å². The van der Waals surface area contributed by atoms with Crippen LogP contribution in [0.15, 0.2) is 54.7 Å². The number of hydrogen-bond acceptors (Lipinski definition) is 6. The van der Waals surface area contributed by atoms with Crippen LogP contribution in [0.4, 0.5) is 0 Å². The molecule has 1 saturated carbocycles. The van der Waals surface area contributed by atoms with Crippen molar-refractivity contribution >= 4 is 23.3 Å². The summed E-state index contributed by atoms with van der Waals surface area (Å²) in [6, 6.07) is 13.5. The molecule has 2 fully saturated rings. The number of halogens is 1. The number of carbonyl (C=O) groups excluding carboxylic acids is 2. The van der Waals surface area contributed by atoms with Crippen LogP contribution in [0.5, 0.6) is 5.75 Å². The third-order valence-corrected chi connectivity index (χ3v) is 7.55. The smallest absolute Gasteiger partial charge is 0.292 e. The topological polar surface area (TPSA) is 96.7 Å². The number of Topliss-reactive ketones (excluding diaryl/α,β-unsaturated/α-hetero) is 1. The van der Waals surface area contributed by atoms with E-state index in [1.165, 1.54) is 0 Å². The van der Waals surface area contributed by atoms with Crippen molar-refractivity contribution in [2.45, 2.75) is 63.8 Å². The van der Waals surface area contributed by atoms with E-state index >= 15 is 0 Å². The molecule has 2 atom stereocenters. The van der Waals surface area contributed by atoms with E-state index in [4.69, 9.17) is 16.3 Å². The molecule has 2 heterocycles. The summed E-state index contributed by atoms with van der Waals surface area (Å²) in [6.45, 7) is 6.30. The zero-order chi connectivity index (χ0) is 27.5. The molecule has 8 nitrogen and oxygen atoms in total. The van der Waals surface area contributed by atoms with Gasteiger partial charge in [-0.2, -0.15) is 5.10 Å². The zero-order valence-corrected chi connectivity index (χ0v) is 23.1. The molecule has 1 aliphatic heterocycles. The Morgan fingerprint density at radius 3 is 2.44 bits per heavy atom. The number of amides is 1. The van der Waals surface area contributed by atoms with Crippen LogP contribution in [0.1, 0.15) is 67.6 Å². The summed E-state index contributed by atoms with van der Waals surface area (Å²) in [6.07, 6.45) is 5.24. The lowest BCUT2D eigenvalue weighted by atomic mass is 10.0. The highest BCUT2D eigenvalue weighted by Gasteiger charge is 2.30. The van der Waals surface area contributed by atoms with Crippen molar-refractivity contribution in [3.8, 4) is 17.0 Å². The number of aromatic nitrogens is 2.